The van der Waals surface area contributed by atoms with Gasteiger partial charge in [-0.3, -0.25) is 0 Å². The van der Waals surface area contributed by atoms with Gasteiger partial charge in [-0.1, -0.05) is 47.7 Å². The summed E-state index contributed by atoms with van der Waals surface area (Å²) in [5.41, 5.74) is 2.72. The summed E-state index contributed by atoms with van der Waals surface area (Å²) >= 11 is 1.55. The fourth-order valence-corrected chi connectivity index (χ4v) is 2.71. The van der Waals surface area contributed by atoms with Crippen LogP contribution in [0.15, 0.2) is 66.0 Å². The number of esters is 1. The van der Waals surface area contributed by atoms with Crippen molar-refractivity contribution in [2.45, 2.75) is 6.61 Å². The number of carbonyl (C=O) groups excluding carboxylic acids is 1. The van der Waals surface area contributed by atoms with Gasteiger partial charge < -0.3 is 21.7 Å². The molecule has 2 aromatic carbocycles. The molecule has 0 amide bonds. The number of hydrogen-bond donors (Lipinski definition) is 0. The number of aromatic amines is 1. The molecular formula is C17H14BrNO2S. The van der Waals surface area contributed by atoms with Gasteiger partial charge in [-0.05, 0) is 24.3 Å². The first-order valence-electron chi connectivity index (χ1n) is 6.60. The van der Waals surface area contributed by atoms with Crippen molar-refractivity contribution >= 4 is 17.3 Å². The van der Waals surface area contributed by atoms with Crippen LogP contribution in [0.3, 0.4) is 0 Å². The van der Waals surface area contributed by atoms with Gasteiger partial charge in [-0.15, -0.1) is 0 Å². The van der Waals surface area contributed by atoms with Gasteiger partial charge in [0, 0.05) is 5.56 Å². The van der Waals surface area contributed by atoms with E-state index in [1.54, 1.807) is 23.5 Å². The number of hydrogen-bond acceptors (Lipinski definition) is 3. The van der Waals surface area contributed by atoms with Gasteiger partial charge in [0.25, 0.3) is 5.01 Å². The Labute approximate surface area is 143 Å². The van der Waals surface area contributed by atoms with Crippen molar-refractivity contribution in [2.75, 3.05) is 0 Å². The van der Waals surface area contributed by atoms with Crippen LogP contribution in [0.5, 0.6) is 0 Å². The molecule has 1 N–H and O–H groups in total. The van der Waals surface area contributed by atoms with Gasteiger partial charge in [0.05, 0.1) is 10.9 Å². The number of benzene rings is 2. The van der Waals surface area contributed by atoms with Crippen molar-refractivity contribution in [1.29, 1.82) is 0 Å². The van der Waals surface area contributed by atoms with Crippen LogP contribution in [-0.4, -0.2) is 5.97 Å². The summed E-state index contributed by atoms with van der Waals surface area (Å²) < 4.78 is 5.30. The molecule has 3 nitrogen and oxygen atoms in total. The third kappa shape index (κ3) is 4.02. The highest BCUT2D eigenvalue weighted by molar-refractivity contribution is 7.09. The number of thiazole rings is 1. The highest BCUT2D eigenvalue weighted by Gasteiger charge is 2.14. The highest BCUT2D eigenvalue weighted by atomic mass is 79.9. The Bertz CT molecular complexity index is 729. The first-order chi connectivity index (χ1) is 10.3. The molecule has 0 bridgehead atoms. The lowest BCUT2D eigenvalue weighted by molar-refractivity contribution is -0.373. The lowest BCUT2D eigenvalue weighted by Gasteiger charge is -2.00. The second-order valence-electron chi connectivity index (χ2n) is 4.51. The zero-order valence-corrected chi connectivity index (χ0v) is 14.1. The summed E-state index contributed by atoms with van der Waals surface area (Å²) in [5.74, 6) is -0.307. The molecule has 112 valence electrons. The van der Waals surface area contributed by atoms with E-state index in [1.165, 1.54) is 0 Å². The zero-order chi connectivity index (χ0) is 14.5. The fourth-order valence-electron chi connectivity index (χ4n) is 1.96. The van der Waals surface area contributed by atoms with Crippen molar-refractivity contribution < 1.29 is 31.5 Å². The lowest BCUT2D eigenvalue weighted by atomic mass is 10.2. The van der Waals surface area contributed by atoms with Crippen molar-refractivity contribution in [3.63, 3.8) is 0 Å². The van der Waals surface area contributed by atoms with Crippen LogP contribution in [0.1, 0.15) is 15.4 Å². The largest absolute Gasteiger partial charge is 1.00 e. The van der Waals surface area contributed by atoms with Crippen LogP contribution < -0.4 is 22.0 Å². The zero-order valence-electron chi connectivity index (χ0n) is 11.7. The highest BCUT2D eigenvalue weighted by Crippen LogP contribution is 2.18. The molecule has 0 aliphatic heterocycles. The number of halogens is 1. The molecule has 0 unspecified atom stereocenters. The Balaban J connectivity index is 0.00000176. The van der Waals surface area contributed by atoms with E-state index in [0.717, 1.165) is 16.3 Å². The SMILES string of the molecule is O=C(OCc1[nH+]c(-c2ccccc2)cs1)c1ccccc1.[Br-]. The van der Waals surface area contributed by atoms with Crippen molar-refractivity contribution in [2.24, 2.45) is 0 Å². The molecule has 0 radical (unpaired) electrons. The topological polar surface area (TPSA) is 40.4 Å². The smallest absolute Gasteiger partial charge is 0.338 e. The Morgan fingerprint density at radius 3 is 2.32 bits per heavy atom. The molecule has 0 atom stereocenters. The molecule has 0 spiro atoms. The van der Waals surface area contributed by atoms with Gasteiger partial charge in [0.1, 0.15) is 0 Å². The van der Waals surface area contributed by atoms with E-state index >= 15 is 0 Å². The quantitative estimate of drug-likeness (QED) is 0.626. The molecule has 1 aromatic heterocycles. The first kappa shape index (κ1) is 16.4. The lowest BCUT2D eigenvalue weighted by Crippen LogP contribution is -3.00. The second-order valence-corrected chi connectivity index (χ2v) is 5.47. The van der Waals surface area contributed by atoms with Gasteiger partial charge in [-0.25, -0.2) is 4.79 Å². The maximum absolute atomic E-state index is 11.9. The average molecular weight is 376 g/mol. The first-order valence-corrected chi connectivity index (χ1v) is 7.48. The molecule has 22 heavy (non-hydrogen) atoms. The molecule has 0 saturated heterocycles. The summed E-state index contributed by atoms with van der Waals surface area (Å²) in [6.07, 6.45) is 0. The third-order valence-electron chi connectivity index (χ3n) is 3.02. The molecule has 1 heterocycles. The molecule has 0 aliphatic rings. The van der Waals surface area contributed by atoms with Crippen molar-refractivity contribution in [3.8, 4) is 11.3 Å². The van der Waals surface area contributed by atoms with Crippen LogP contribution in [0.2, 0.25) is 0 Å². The summed E-state index contributed by atoms with van der Waals surface area (Å²) in [6.45, 7) is 0.255. The van der Waals surface area contributed by atoms with Crippen molar-refractivity contribution in [3.05, 3.63) is 76.6 Å². The standard InChI is InChI=1S/C17H13NO2S.BrH/c19-17(14-9-5-2-6-10-14)20-11-16-18-15(12-21-16)13-7-3-1-4-8-13;/h1-10,12H,11H2;1H. The van der Waals surface area contributed by atoms with E-state index in [4.69, 9.17) is 4.74 Å². The second kappa shape index (κ2) is 7.87. The Kier molecular flexibility index (Phi) is 5.86. The molecule has 3 rings (SSSR count). The normalized spacial score (nSPS) is 9.82. The predicted molar refractivity (Wildman–Crippen MR) is 81.9 cm³/mol. The molecule has 0 saturated carbocycles. The van der Waals surface area contributed by atoms with Gasteiger partial charge in [-0.2, -0.15) is 4.98 Å². The number of aromatic nitrogens is 1. The summed E-state index contributed by atoms with van der Waals surface area (Å²) in [7, 11) is 0. The van der Waals surface area contributed by atoms with E-state index < -0.39 is 0 Å². The van der Waals surface area contributed by atoms with Crippen LogP contribution >= 0.6 is 11.3 Å². The van der Waals surface area contributed by atoms with E-state index in [2.05, 4.69) is 4.98 Å². The fraction of sp³-hybridized carbons (Fsp3) is 0.0588. The molecular weight excluding hydrogens is 362 g/mol. The number of ether oxygens (including phenoxy) is 1. The minimum atomic E-state index is -0.307. The minimum Gasteiger partial charge on any atom is -1.00 e. The number of nitrogens with one attached hydrogen (secondary N) is 1. The number of carbonyl (C=O) groups is 1. The summed E-state index contributed by atoms with van der Waals surface area (Å²) in [5, 5.41) is 2.94. The molecule has 3 aromatic rings. The monoisotopic (exact) mass is 375 g/mol. The van der Waals surface area contributed by atoms with Crippen LogP contribution in [0.4, 0.5) is 0 Å². The Hall–Kier alpha value is -1.98. The van der Waals surface area contributed by atoms with Gasteiger partial charge >= 0.3 is 5.97 Å². The van der Waals surface area contributed by atoms with E-state index in [9.17, 15) is 4.79 Å². The van der Waals surface area contributed by atoms with Gasteiger partial charge in [0.2, 0.25) is 5.69 Å². The molecule has 0 aliphatic carbocycles. The average Bonchev–Trinajstić information content (AvgIpc) is 3.03. The summed E-state index contributed by atoms with van der Waals surface area (Å²) in [4.78, 5) is 15.1. The third-order valence-corrected chi connectivity index (χ3v) is 3.88. The van der Waals surface area contributed by atoms with Crippen molar-refractivity contribution in [1.82, 2.24) is 0 Å². The summed E-state index contributed by atoms with van der Waals surface area (Å²) in [6, 6.07) is 19.1. The molecule has 0 fully saturated rings. The Morgan fingerprint density at radius 2 is 1.64 bits per heavy atom. The van der Waals surface area contributed by atoms with Crippen LogP contribution in [0.25, 0.3) is 11.3 Å². The Morgan fingerprint density at radius 1 is 1.00 bits per heavy atom. The van der Waals surface area contributed by atoms with Crippen LogP contribution in [0, 0.1) is 0 Å². The minimum absolute atomic E-state index is 0. The number of H-pyrrole nitrogens is 1. The van der Waals surface area contributed by atoms with Crippen LogP contribution in [-0.2, 0) is 11.3 Å². The van der Waals surface area contributed by atoms with Gasteiger partial charge in [0.15, 0.2) is 6.61 Å². The maximum Gasteiger partial charge on any atom is 0.338 e. The van der Waals surface area contributed by atoms with E-state index in [0.29, 0.717) is 5.56 Å². The maximum atomic E-state index is 11.9. The molecule has 5 heteroatoms. The number of rotatable bonds is 4. The van der Waals surface area contributed by atoms with E-state index in [-0.39, 0.29) is 29.6 Å². The predicted octanol–water partition coefficient (Wildman–Crippen LogP) is 0.590. The van der Waals surface area contributed by atoms with E-state index in [1.807, 2.05) is 53.9 Å².